The monoisotopic (exact) mass is 293 g/mol. The van der Waals surface area contributed by atoms with Gasteiger partial charge in [0.1, 0.15) is 5.82 Å². The summed E-state index contributed by atoms with van der Waals surface area (Å²) in [4.78, 5) is 1.29. The van der Waals surface area contributed by atoms with Gasteiger partial charge >= 0.3 is 0 Å². The Balaban J connectivity index is 2.33. The lowest BCUT2D eigenvalue weighted by Gasteiger charge is -2.10. The van der Waals surface area contributed by atoms with Crippen molar-refractivity contribution in [3.8, 4) is 0 Å². The van der Waals surface area contributed by atoms with E-state index in [2.05, 4.69) is 39.1 Å². The summed E-state index contributed by atoms with van der Waals surface area (Å²) < 4.78 is 14.8. The van der Waals surface area contributed by atoms with Crippen molar-refractivity contribution in [2.24, 2.45) is 11.8 Å². The molecule has 2 rings (SSSR count). The van der Waals surface area contributed by atoms with E-state index in [-0.39, 0.29) is 5.82 Å². The molecule has 1 aromatic carbocycles. The lowest BCUT2D eigenvalue weighted by Crippen LogP contribution is -2.19. The fraction of sp³-hybridized carbons (Fsp3) is 0.529. The topological polar surface area (TPSA) is 12.0 Å². The highest BCUT2D eigenvalue weighted by molar-refractivity contribution is 7.19. The van der Waals surface area contributed by atoms with Crippen LogP contribution in [0.25, 0.3) is 10.1 Å². The van der Waals surface area contributed by atoms with Crippen LogP contribution in [0, 0.1) is 17.7 Å². The molecular weight excluding hydrogens is 269 g/mol. The molecule has 110 valence electrons. The third-order valence-electron chi connectivity index (χ3n) is 3.30. The largest absolute Gasteiger partial charge is 0.312 e. The van der Waals surface area contributed by atoms with Crippen LogP contribution in [0.1, 0.15) is 38.1 Å². The molecule has 0 aliphatic carbocycles. The number of benzene rings is 1. The van der Waals surface area contributed by atoms with Crippen LogP contribution in [0.4, 0.5) is 4.39 Å². The maximum absolute atomic E-state index is 14.0. The molecule has 0 atom stereocenters. The molecule has 0 saturated heterocycles. The van der Waals surface area contributed by atoms with E-state index in [0.717, 1.165) is 29.6 Å². The van der Waals surface area contributed by atoms with Gasteiger partial charge in [0.15, 0.2) is 0 Å². The lowest BCUT2D eigenvalue weighted by atomic mass is 9.99. The minimum atomic E-state index is -0.0902. The van der Waals surface area contributed by atoms with Crippen molar-refractivity contribution in [2.75, 3.05) is 6.54 Å². The molecular formula is C17H24FNS. The highest BCUT2D eigenvalue weighted by atomic mass is 32.1. The van der Waals surface area contributed by atoms with Crippen molar-refractivity contribution < 1.29 is 4.39 Å². The van der Waals surface area contributed by atoms with Gasteiger partial charge in [-0.1, -0.05) is 39.8 Å². The molecule has 0 amide bonds. The molecule has 0 aliphatic rings. The van der Waals surface area contributed by atoms with Crippen LogP contribution in [0.5, 0.6) is 0 Å². The van der Waals surface area contributed by atoms with Gasteiger partial charge in [0.2, 0.25) is 0 Å². The van der Waals surface area contributed by atoms with E-state index >= 15 is 0 Å². The van der Waals surface area contributed by atoms with Gasteiger partial charge in [-0.05, 0) is 41.8 Å². The molecule has 20 heavy (non-hydrogen) atoms. The van der Waals surface area contributed by atoms with Gasteiger partial charge in [0, 0.05) is 11.4 Å². The van der Waals surface area contributed by atoms with E-state index in [1.54, 1.807) is 17.4 Å². The number of fused-ring (bicyclic) bond motifs is 1. The number of nitrogens with one attached hydrogen (secondary N) is 1. The molecule has 0 radical (unpaired) electrons. The SMILES string of the molecule is CC(C)CNCc1sc2c(F)cccc2c1CC(C)C. The van der Waals surface area contributed by atoms with E-state index in [4.69, 9.17) is 0 Å². The van der Waals surface area contributed by atoms with Crippen molar-refractivity contribution >= 4 is 21.4 Å². The lowest BCUT2D eigenvalue weighted by molar-refractivity contribution is 0.552. The molecule has 0 fully saturated rings. The zero-order valence-corrected chi connectivity index (χ0v) is 13.6. The summed E-state index contributed by atoms with van der Waals surface area (Å²) in [7, 11) is 0. The maximum Gasteiger partial charge on any atom is 0.141 e. The van der Waals surface area contributed by atoms with Crippen LogP contribution in [-0.2, 0) is 13.0 Å². The van der Waals surface area contributed by atoms with Gasteiger partial charge in [-0.15, -0.1) is 11.3 Å². The van der Waals surface area contributed by atoms with E-state index in [0.29, 0.717) is 11.8 Å². The highest BCUT2D eigenvalue weighted by Crippen LogP contribution is 2.34. The molecule has 1 heterocycles. The summed E-state index contributed by atoms with van der Waals surface area (Å²) in [6.45, 7) is 10.7. The second-order valence-electron chi connectivity index (χ2n) is 6.24. The third-order valence-corrected chi connectivity index (χ3v) is 4.56. The second-order valence-corrected chi connectivity index (χ2v) is 7.35. The summed E-state index contributed by atoms with van der Waals surface area (Å²) in [5.41, 5.74) is 1.33. The van der Waals surface area contributed by atoms with Crippen molar-refractivity contribution in [3.63, 3.8) is 0 Å². The Labute approximate surface area is 125 Å². The number of hydrogen-bond acceptors (Lipinski definition) is 2. The van der Waals surface area contributed by atoms with E-state index in [1.807, 2.05) is 6.07 Å². The van der Waals surface area contributed by atoms with Crippen molar-refractivity contribution in [1.82, 2.24) is 5.32 Å². The van der Waals surface area contributed by atoms with Gasteiger partial charge in [-0.3, -0.25) is 0 Å². The summed E-state index contributed by atoms with van der Waals surface area (Å²) in [6.07, 6.45) is 1.02. The first-order valence-corrected chi connectivity index (χ1v) is 8.20. The van der Waals surface area contributed by atoms with Gasteiger partial charge in [-0.2, -0.15) is 0 Å². The Hall–Kier alpha value is -0.930. The zero-order chi connectivity index (χ0) is 14.7. The van der Waals surface area contributed by atoms with Crippen molar-refractivity contribution in [3.05, 3.63) is 34.5 Å². The van der Waals surface area contributed by atoms with Crippen LogP contribution in [-0.4, -0.2) is 6.54 Å². The first kappa shape index (κ1) is 15.5. The molecule has 1 nitrogen and oxygen atoms in total. The van der Waals surface area contributed by atoms with Gasteiger partial charge in [0.05, 0.1) is 4.70 Å². The molecule has 0 unspecified atom stereocenters. The predicted molar refractivity (Wildman–Crippen MR) is 86.9 cm³/mol. The first-order chi connectivity index (χ1) is 9.49. The van der Waals surface area contributed by atoms with E-state index < -0.39 is 0 Å². The number of halogens is 1. The van der Waals surface area contributed by atoms with Crippen molar-refractivity contribution in [2.45, 2.75) is 40.7 Å². The summed E-state index contributed by atoms with van der Waals surface area (Å²) in [6, 6.07) is 5.43. The Morgan fingerprint density at radius 3 is 2.55 bits per heavy atom. The quantitative estimate of drug-likeness (QED) is 0.791. The van der Waals surface area contributed by atoms with Crippen molar-refractivity contribution in [1.29, 1.82) is 0 Å². The summed E-state index contributed by atoms with van der Waals surface area (Å²) in [5.74, 6) is 1.13. The van der Waals surface area contributed by atoms with Crippen LogP contribution in [0.3, 0.4) is 0 Å². The zero-order valence-electron chi connectivity index (χ0n) is 12.8. The highest BCUT2D eigenvalue weighted by Gasteiger charge is 2.15. The second kappa shape index (κ2) is 6.68. The standard InChI is InChI=1S/C17H24FNS/c1-11(2)8-14-13-6-5-7-15(18)17(13)20-16(14)10-19-9-12(3)4/h5-7,11-12,19H,8-10H2,1-4H3. The molecule has 3 heteroatoms. The molecule has 0 spiro atoms. The Morgan fingerprint density at radius 1 is 1.15 bits per heavy atom. The minimum Gasteiger partial charge on any atom is -0.312 e. The Bertz CT molecular complexity index is 572. The Morgan fingerprint density at radius 2 is 1.90 bits per heavy atom. The van der Waals surface area contributed by atoms with E-state index in [1.165, 1.54) is 10.4 Å². The number of rotatable bonds is 6. The third kappa shape index (κ3) is 3.58. The first-order valence-electron chi connectivity index (χ1n) is 7.38. The van der Waals surface area contributed by atoms with Crippen LogP contribution in [0.2, 0.25) is 0 Å². The number of thiophene rings is 1. The van der Waals surface area contributed by atoms with Gasteiger partial charge < -0.3 is 5.32 Å². The predicted octanol–water partition coefficient (Wildman–Crippen LogP) is 4.98. The molecule has 1 aromatic heterocycles. The van der Waals surface area contributed by atoms with Crippen LogP contribution < -0.4 is 5.32 Å². The minimum absolute atomic E-state index is 0.0902. The average Bonchev–Trinajstić information content (AvgIpc) is 2.69. The van der Waals surface area contributed by atoms with Crippen LogP contribution >= 0.6 is 11.3 Å². The number of hydrogen-bond donors (Lipinski definition) is 1. The van der Waals surface area contributed by atoms with Crippen LogP contribution in [0.15, 0.2) is 18.2 Å². The van der Waals surface area contributed by atoms with E-state index in [9.17, 15) is 4.39 Å². The molecule has 0 saturated carbocycles. The molecule has 2 aromatic rings. The Kier molecular flexibility index (Phi) is 5.17. The molecule has 1 N–H and O–H groups in total. The normalized spacial score (nSPS) is 11.9. The van der Waals surface area contributed by atoms with Gasteiger partial charge in [0.25, 0.3) is 0 Å². The molecule has 0 aliphatic heterocycles. The smallest absolute Gasteiger partial charge is 0.141 e. The summed E-state index contributed by atoms with van der Waals surface area (Å²) in [5, 5.41) is 4.59. The maximum atomic E-state index is 14.0. The van der Waals surface area contributed by atoms with Gasteiger partial charge in [-0.25, -0.2) is 4.39 Å². The fourth-order valence-corrected chi connectivity index (χ4v) is 3.64. The molecule has 0 bridgehead atoms. The average molecular weight is 293 g/mol. The fourth-order valence-electron chi connectivity index (χ4n) is 2.43. The summed E-state index contributed by atoms with van der Waals surface area (Å²) >= 11 is 1.61.